The van der Waals surface area contributed by atoms with Crippen LogP contribution in [0, 0.1) is 0 Å². The summed E-state index contributed by atoms with van der Waals surface area (Å²) >= 11 is 0. The van der Waals surface area contributed by atoms with Crippen LogP contribution >= 0.6 is 0 Å². The molecule has 1 aliphatic heterocycles. The summed E-state index contributed by atoms with van der Waals surface area (Å²) in [6, 6.07) is -0.931. The van der Waals surface area contributed by atoms with E-state index in [0.717, 1.165) is 6.42 Å². The minimum atomic E-state index is -0.552. The molecule has 1 saturated heterocycles. The lowest BCUT2D eigenvalue weighted by Crippen LogP contribution is -2.46. The molecule has 0 spiro atoms. The summed E-state index contributed by atoms with van der Waals surface area (Å²) in [6.45, 7) is 0.675. The van der Waals surface area contributed by atoms with Crippen molar-refractivity contribution in [2.45, 2.75) is 18.9 Å². The second-order valence-electron chi connectivity index (χ2n) is 3.78. The number of urea groups is 1. The van der Waals surface area contributed by atoms with Crippen LogP contribution in [0.15, 0.2) is 0 Å². The largest absolute Gasteiger partial charge is 0.468 e. The first kappa shape index (κ1) is 13.4. The van der Waals surface area contributed by atoms with Crippen molar-refractivity contribution < 1.29 is 19.1 Å². The van der Waals surface area contributed by atoms with E-state index in [1.54, 1.807) is 4.90 Å². The quantitative estimate of drug-likeness (QED) is 0.626. The number of hydrogen-bond acceptors (Lipinski definition) is 5. The Labute approximate surface area is 99.5 Å². The van der Waals surface area contributed by atoms with Crippen LogP contribution in [0.25, 0.3) is 0 Å². The van der Waals surface area contributed by atoms with Crippen molar-refractivity contribution in [1.82, 2.24) is 15.5 Å². The number of carbonyl (C=O) groups is 3. The Kier molecular flexibility index (Phi) is 4.89. The Balaban J connectivity index is 2.47. The summed E-state index contributed by atoms with van der Waals surface area (Å²) in [5, 5.41) is 4.44. The second-order valence-corrected chi connectivity index (χ2v) is 3.78. The molecule has 3 amide bonds. The van der Waals surface area contributed by atoms with Gasteiger partial charge in [-0.25, -0.2) is 4.79 Å². The van der Waals surface area contributed by atoms with Gasteiger partial charge in [-0.3, -0.25) is 19.8 Å². The standard InChI is InChI=1S/C10H17N3O4/c1-11-10(16)12-8(14)6-13-5-3-4-7(13)9(15)17-2/h7H,3-6H2,1-2H3,(H2,11,12,14,16). The van der Waals surface area contributed by atoms with Gasteiger partial charge in [-0.2, -0.15) is 0 Å². The summed E-state index contributed by atoms with van der Waals surface area (Å²) < 4.78 is 4.66. The van der Waals surface area contributed by atoms with Crippen molar-refractivity contribution in [2.75, 3.05) is 27.2 Å². The van der Waals surface area contributed by atoms with E-state index in [0.29, 0.717) is 13.0 Å². The fraction of sp³-hybridized carbons (Fsp3) is 0.700. The van der Waals surface area contributed by atoms with Gasteiger partial charge < -0.3 is 10.1 Å². The molecule has 0 aliphatic carbocycles. The van der Waals surface area contributed by atoms with E-state index in [2.05, 4.69) is 15.4 Å². The van der Waals surface area contributed by atoms with E-state index in [-0.39, 0.29) is 18.6 Å². The van der Waals surface area contributed by atoms with Crippen molar-refractivity contribution >= 4 is 17.9 Å². The fourth-order valence-electron chi connectivity index (χ4n) is 1.83. The number of imide groups is 1. The summed E-state index contributed by atoms with van der Waals surface area (Å²) in [5.74, 6) is -0.768. The third-order valence-corrected chi connectivity index (χ3v) is 2.66. The monoisotopic (exact) mass is 243 g/mol. The Morgan fingerprint density at radius 3 is 2.71 bits per heavy atom. The van der Waals surface area contributed by atoms with E-state index in [1.165, 1.54) is 14.2 Å². The van der Waals surface area contributed by atoms with Gasteiger partial charge in [0.2, 0.25) is 5.91 Å². The van der Waals surface area contributed by atoms with Crippen molar-refractivity contribution in [3.05, 3.63) is 0 Å². The van der Waals surface area contributed by atoms with Gasteiger partial charge in [0, 0.05) is 7.05 Å². The van der Waals surface area contributed by atoms with Gasteiger partial charge in [0.15, 0.2) is 0 Å². The minimum absolute atomic E-state index is 0.0210. The van der Waals surface area contributed by atoms with Gasteiger partial charge in [0.05, 0.1) is 13.7 Å². The highest BCUT2D eigenvalue weighted by molar-refractivity contribution is 5.95. The van der Waals surface area contributed by atoms with E-state index >= 15 is 0 Å². The summed E-state index contributed by atoms with van der Waals surface area (Å²) in [5.41, 5.74) is 0. The normalized spacial score (nSPS) is 19.8. The predicted octanol–water partition coefficient (Wildman–Crippen LogP) is -0.921. The zero-order valence-electron chi connectivity index (χ0n) is 9.99. The predicted molar refractivity (Wildman–Crippen MR) is 59.2 cm³/mol. The first-order valence-corrected chi connectivity index (χ1v) is 5.42. The molecule has 1 rings (SSSR count). The molecule has 17 heavy (non-hydrogen) atoms. The molecule has 0 radical (unpaired) electrons. The smallest absolute Gasteiger partial charge is 0.323 e. The summed E-state index contributed by atoms with van der Waals surface area (Å²) in [4.78, 5) is 35.5. The highest BCUT2D eigenvalue weighted by atomic mass is 16.5. The number of carbonyl (C=O) groups excluding carboxylic acids is 3. The molecular formula is C10H17N3O4. The van der Waals surface area contributed by atoms with Crippen LogP contribution in [0.4, 0.5) is 4.79 Å². The van der Waals surface area contributed by atoms with Crippen LogP contribution in [0.1, 0.15) is 12.8 Å². The number of methoxy groups -OCH3 is 1. The number of likely N-dealkylation sites (tertiary alicyclic amines) is 1. The molecule has 1 atom stereocenters. The first-order valence-electron chi connectivity index (χ1n) is 5.42. The zero-order chi connectivity index (χ0) is 12.8. The number of rotatable bonds is 3. The van der Waals surface area contributed by atoms with Crippen molar-refractivity contribution in [2.24, 2.45) is 0 Å². The van der Waals surface area contributed by atoms with Gasteiger partial charge in [-0.05, 0) is 19.4 Å². The molecule has 0 bridgehead atoms. The topological polar surface area (TPSA) is 87.7 Å². The lowest BCUT2D eigenvalue weighted by Gasteiger charge is -2.21. The SMILES string of the molecule is CNC(=O)NC(=O)CN1CCCC1C(=O)OC. The number of nitrogens with one attached hydrogen (secondary N) is 2. The number of hydrogen-bond donors (Lipinski definition) is 2. The molecule has 0 aromatic rings. The Hall–Kier alpha value is -1.63. The maximum atomic E-state index is 11.5. The van der Waals surface area contributed by atoms with E-state index in [1.807, 2.05) is 0 Å². The highest BCUT2D eigenvalue weighted by Crippen LogP contribution is 2.17. The molecule has 0 aromatic carbocycles. The van der Waals surface area contributed by atoms with Gasteiger partial charge in [-0.15, -0.1) is 0 Å². The van der Waals surface area contributed by atoms with Gasteiger partial charge >= 0.3 is 12.0 Å². The van der Waals surface area contributed by atoms with Crippen molar-refractivity contribution in [3.63, 3.8) is 0 Å². The Bertz CT molecular complexity index is 319. The maximum Gasteiger partial charge on any atom is 0.323 e. The van der Waals surface area contributed by atoms with Crippen LogP contribution in [0.3, 0.4) is 0 Å². The molecule has 0 saturated carbocycles. The summed E-state index contributed by atoms with van der Waals surface area (Å²) in [6.07, 6.45) is 1.52. The van der Waals surface area contributed by atoms with Crippen molar-refractivity contribution in [1.29, 1.82) is 0 Å². The van der Waals surface area contributed by atoms with Crippen LogP contribution < -0.4 is 10.6 Å². The third-order valence-electron chi connectivity index (χ3n) is 2.66. The average Bonchev–Trinajstić information content (AvgIpc) is 2.75. The number of ether oxygens (including phenoxy) is 1. The third kappa shape index (κ3) is 3.70. The first-order chi connectivity index (χ1) is 8.08. The average molecular weight is 243 g/mol. The van der Waals surface area contributed by atoms with E-state index in [4.69, 9.17) is 0 Å². The fourth-order valence-corrected chi connectivity index (χ4v) is 1.83. The molecule has 0 aromatic heterocycles. The van der Waals surface area contributed by atoms with Crippen LogP contribution in [-0.4, -0.2) is 56.1 Å². The van der Waals surface area contributed by atoms with Gasteiger partial charge in [0.25, 0.3) is 0 Å². The number of esters is 1. The molecule has 96 valence electrons. The van der Waals surface area contributed by atoms with E-state index in [9.17, 15) is 14.4 Å². The molecule has 1 unspecified atom stereocenters. The van der Waals surface area contributed by atoms with E-state index < -0.39 is 11.9 Å². The molecule has 7 nitrogen and oxygen atoms in total. The molecule has 1 heterocycles. The maximum absolute atomic E-state index is 11.5. The summed E-state index contributed by atoms with van der Waals surface area (Å²) in [7, 11) is 2.75. The molecule has 1 aliphatic rings. The van der Waals surface area contributed by atoms with Gasteiger partial charge in [-0.1, -0.05) is 0 Å². The number of amides is 3. The van der Waals surface area contributed by atoms with Crippen LogP contribution in [-0.2, 0) is 14.3 Å². The Morgan fingerprint density at radius 2 is 2.12 bits per heavy atom. The Morgan fingerprint density at radius 1 is 1.41 bits per heavy atom. The molecule has 2 N–H and O–H groups in total. The lowest BCUT2D eigenvalue weighted by atomic mass is 10.2. The second kappa shape index (κ2) is 6.19. The van der Waals surface area contributed by atoms with Gasteiger partial charge in [0.1, 0.15) is 6.04 Å². The molecular weight excluding hydrogens is 226 g/mol. The van der Waals surface area contributed by atoms with Crippen LogP contribution in [0.2, 0.25) is 0 Å². The molecule has 7 heteroatoms. The zero-order valence-corrected chi connectivity index (χ0v) is 9.99. The minimum Gasteiger partial charge on any atom is -0.468 e. The lowest BCUT2D eigenvalue weighted by molar-refractivity contribution is -0.146. The van der Waals surface area contributed by atoms with Crippen molar-refractivity contribution in [3.8, 4) is 0 Å². The van der Waals surface area contributed by atoms with Crippen LogP contribution in [0.5, 0.6) is 0 Å². The molecule has 1 fully saturated rings. The highest BCUT2D eigenvalue weighted by Gasteiger charge is 2.32. The number of nitrogens with zero attached hydrogens (tertiary/aromatic N) is 1.